The molecule has 2 aromatic rings. The number of anilines is 3. The number of carbonyl (C=O) groups excluding carboxylic acids is 1. The van der Waals surface area contributed by atoms with E-state index >= 15 is 0 Å². The van der Waals surface area contributed by atoms with E-state index in [0.717, 1.165) is 69.8 Å². The fourth-order valence-corrected chi connectivity index (χ4v) is 6.44. The molecular formula is C26H38N8O2. The number of nitrogens with one attached hydrogen (secondary N) is 5. The van der Waals surface area contributed by atoms with E-state index in [1.807, 2.05) is 6.07 Å². The number of carbonyl (C=O) groups is 1. The van der Waals surface area contributed by atoms with Crippen LogP contribution in [-0.4, -0.2) is 57.5 Å². The van der Waals surface area contributed by atoms with Gasteiger partial charge in [-0.1, -0.05) is 12.8 Å². The Hall–Kier alpha value is -2.88. The number of H-pyrrole nitrogens is 1. The zero-order chi connectivity index (χ0) is 24.4. The van der Waals surface area contributed by atoms with Crippen LogP contribution in [0.3, 0.4) is 0 Å². The van der Waals surface area contributed by atoms with E-state index in [4.69, 9.17) is 4.74 Å². The Morgan fingerprint density at radius 1 is 0.972 bits per heavy atom. The molecule has 6 rings (SSSR count). The summed E-state index contributed by atoms with van der Waals surface area (Å²) in [6, 6.07) is 4.73. The van der Waals surface area contributed by atoms with Gasteiger partial charge >= 0.3 is 6.03 Å². The average molecular weight is 495 g/mol. The zero-order valence-electron chi connectivity index (χ0n) is 20.9. The first-order valence-electron chi connectivity index (χ1n) is 13.7. The van der Waals surface area contributed by atoms with Crippen LogP contribution in [0.1, 0.15) is 82.2 Å². The second-order valence-corrected chi connectivity index (χ2v) is 11.3. The minimum atomic E-state index is -0.0229. The first-order valence-corrected chi connectivity index (χ1v) is 13.7. The van der Waals surface area contributed by atoms with E-state index in [-0.39, 0.29) is 18.1 Å². The number of nitrogens with zero attached hydrogens (tertiary/aromatic N) is 3. The monoisotopic (exact) mass is 494 g/mol. The summed E-state index contributed by atoms with van der Waals surface area (Å²) in [5.41, 5.74) is 1.55. The Morgan fingerprint density at radius 3 is 2.50 bits per heavy atom. The van der Waals surface area contributed by atoms with Crippen LogP contribution in [0.25, 0.3) is 0 Å². The summed E-state index contributed by atoms with van der Waals surface area (Å²) in [6.45, 7) is 1.72. The third-order valence-corrected chi connectivity index (χ3v) is 8.55. The van der Waals surface area contributed by atoms with Crippen LogP contribution in [0.15, 0.2) is 18.3 Å². The van der Waals surface area contributed by atoms with E-state index in [2.05, 4.69) is 47.5 Å². The van der Waals surface area contributed by atoms with Gasteiger partial charge in [0.2, 0.25) is 5.95 Å². The summed E-state index contributed by atoms with van der Waals surface area (Å²) in [5, 5.41) is 20.8. The van der Waals surface area contributed by atoms with Gasteiger partial charge in [-0.25, -0.2) is 9.78 Å². The standard InChI is InChI=1S/C26H38N8O2/c35-25(30-20-9-11-26(14-20)15-36-16-26)29-19-7-5-18(6-8-19)28-24-27-12-10-22(32-24)31-23-13-21(33-34-23)17-3-1-2-4-17/h10,12-13,17-20H,1-9,11,14-16H2,(H2,29,30,35)(H3,27,28,31,32,33,34)/t18-,19-,20?. The molecule has 0 radical (unpaired) electrons. The average Bonchev–Trinajstić information content (AvgIpc) is 3.61. The number of ether oxygens (including phenoxy) is 1. The first kappa shape index (κ1) is 23.5. The number of urea groups is 1. The van der Waals surface area contributed by atoms with Crippen molar-refractivity contribution >= 4 is 23.6 Å². The second kappa shape index (κ2) is 10.2. The highest BCUT2D eigenvalue weighted by atomic mass is 16.5. The van der Waals surface area contributed by atoms with Gasteiger partial charge in [0, 0.05) is 47.4 Å². The van der Waals surface area contributed by atoms with Crippen LogP contribution in [0, 0.1) is 5.41 Å². The number of aromatic nitrogens is 4. The lowest BCUT2D eigenvalue weighted by Gasteiger charge is -2.38. The van der Waals surface area contributed by atoms with Gasteiger partial charge in [0.1, 0.15) is 5.82 Å². The maximum atomic E-state index is 12.5. The van der Waals surface area contributed by atoms with Gasteiger partial charge in [0.15, 0.2) is 5.82 Å². The summed E-state index contributed by atoms with van der Waals surface area (Å²) in [6.07, 6.45) is 14.0. The molecule has 1 spiro atoms. The minimum Gasteiger partial charge on any atom is -0.380 e. The molecule has 2 aromatic heterocycles. The molecule has 194 valence electrons. The highest BCUT2D eigenvalue weighted by molar-refractivity contribution is 5.74. The fraction of sp³-hybridized carbons (Fsp3) is 0.692. The molecule has 10 heteroatoms. The highest BCUT2D eigenvalue weighted by Crippen LogP contribution is 2.44. The minimum absolute atomic E-state index is 0.0229. The first-order chi connectivity index (χ1) is 17.6. The topological polar surface area (TPSA) is 129 Å². The fourth-order valence-electron chi connectivity index (χ4n) is 6.44. The maximum absolute atomic E-state index is 12.5. The smallest absolute Gasteiger partial charge is 0.315 e. The van der Waals surface area contributed by atoms with E-state index in [1.54, 1.807) is 6.20 Å². The molecular weight excluding hydrogens is 456 g/mol. The molecule has 0 aromatic carbocycles. The lowest BCUT2D eigenvalue weighted by molar-refractivity contribution is -0.109. The van der Waals surface area contributed by atoms with Crippen molar-refractivity contribution in [3.05, 3.63) is 24.0 Å². The third kappa shape index (κ3) is 5.43. The van der Waals surface area contributed by atoms with Crippen molar-refractivity contribution < 1.29 is 9.53 Å². The lowest BCUT2D eigenvalue weighted by Crippen LogP contribution is -2.48. The van der Waals surface area contributed by atoms with Gasteiger partial charge in [-0.2, -0.15) is 10.1 Å². The van der Waals surface area contributed by atoms with E-state index in [0.29, 0.717) is 23.3 Å². The maximum Gasteiger partial charge on any atom is 0.315 e. The van der Waals surface area contributed by atoms with Gasteiger partial charge < -0.3 is 26.0 Å². The quantitative estimate of drug-likeness (QED) is 0.390. The van der Waals surface area contributed by atoms with Gasteiger partial charge in [-0.05, 0) is 63.9 Å². The highest BCUT2D eigenvalue weighted by Gasteiger charge is 2.45. The Kier molecular flexibility index (Phi) is 6.69. The summed E-state index contributed by atoms with van der Waals surface area (Å²) in [5.74, 6) is 2.74. The van der Waals surface area contributed by atoms with Crippen molar-refractivity contribution in [1.82, 2.24) is 30.8 Å². The molecule has 3 aliphatic carbocycles. The molecule has 10 nitrogen and oxygen atoms in total. The van der Waals surface area contributed by atoms with Gasteiger partial charge in [0.25, 0.3) is 0 Å². The van der Waals surface area contributed by atoms with E-state index in [9.17, 15) is 4.79 Å². The van der Waals surface area contributed by atoms with Crippen molar-refractivity contribution in [3.63, 3.8) is 0 Å². The zero-order valence-corrected chi connectivity index (χ0v) is 20.9. The number of hydrogen-bond donors (Lipinski definition) is 5. The SMILES string of the molecule is O=C(NC1CCC2(COC2)C1)N[C@H]1CC[C@H](Nc2nccc(Nc3cc(C4CCCC4)[nH]n3)n2)CC1. The van der Waals surface area contributed by atoms with Crippen molar-refractivity contribution in [2.75, 3.05) is 23.8 Å². The second-order valence-electron chi connectivity index (χ2n) is 11.3. The van der Waals surface area contributed by atoms with Crippen molar-refractivity contribution in [1.29, 1.82) is 0 Å². The van der Waals surface area contributed by atoms with Crippen molar-refractivity contribution in [3.8, 4) is 0 Å². The molecule has 2 amide bonds. The van der Waals surface area contributed by atoms with Crippen molar-refractivity contribution in [2.45, 2.75) is 94.7 Å². The molecule has 0 bridgehead atoms. The molecule has 5 N–H and O–H groups in total. The van der Waals surface area contributed by atoms with E-state index in [1.165, 1.54) is 31.4 Å². The van der Waals surface area contributed by atoms with Gasteiger partial charge in [-0.3, -0.25) is 5.10 Å². The molecule has 4 aliphatic rings. The van der Waals surface area contributed by atoms with Crippen LogP contribution in [0.5, 0.6) is 0 Å². The Labute approximate surface area is 212 Å². The predicted molar refractivity (Wildman–Crippen MR) is 137 cm³/mol. The van der Waals surface area contributed by atoms with Crippen LogP contribution >= 0.6 is 0 Å². The van der Waals surface area contributed by atoms with Crippen LogP contribution in [0.2, 0.25) is 0 Å². The Morgan fingerprint density at radius 2 is 1.75 bits per heavy atom. The molecule has 36 heavy (non-hydrogen) atoms. The summed E-state index contributed by atoms with van der Waals surface area (Å²) >= 11 is 0. The molecule has 1 saturated heterocycles. The summed E-state index contributed by atoms with van der Waals surface area (Å²) in [4.78, 5) is 21.6. The number of rotatable bonds is 7. The third-order valence-electron chi connectivity index (χ3n) is 8.55. The predicted octanol–water partition coefficient (Wildman–Crippen LogP) is 4.19. The van der Waals surface area contributed by atoms with Gasteiger partial charge in [0.05, 0.1) is 13.2 Å². The lowest BCUT2D eigenvalue weighted by atomic mass is 9.84. The van der Waals surface area contributed by atoms with Crippen LogP contribution in [0.4, 0.5) is 22.4 Å². The number of aromatic amines is 1. The van der Waals surface area contributed by atoms with Crippen LogP contribution < -0.4 is 21.3 Å². The molecule has 1 unspecified atom stereocenters. The summed E-state index contributed by atoms with van der Waals surface area (Å²) < 4.78 is 5.39. The molecule has 1 atom stereocenters. The largest absolute Gasteiger partial charge is 0.380 e. The number of hydrogen-bond acceptors (Lipinski definition) is 7. The van der Waals surface area contributed by atoms with E-state index < -0.39 is 0 Å². The Bertz CT molecular complexity index is 1040. The van der Waals surface area contributed by atoms with Gasteiger partial charge in [-0.15, -0.1) is 0 Å². The van der Waals surface area contributed by atoms with Crippen LogP contribution in [-0.2, 0) is 4.74 Å². The number of amides is 2. The normalized spacial score (nSPS) is 27.5. The molecule has 3 heterocycles. The Balaban J connectivity index is 0.939. The van der Waals surface area contributed by atoms with Crippen molar-refractivity contribution in [2.24, 2.45) is 5.41 Å². The summed E-state index contributed by atoms with van der Waals surface area (Å²) in [7, 11) is 0. The molecule has 1 aliphatic heterocycles. The molecule has 4 fully saturated rings. The molecule has 3 saturated carbocycles.